The Morgan fingerprint density at radius 3 is 2.39 bits per heavy atom. The fraction of sp³-hybridized carbons (Fsp3) is 0.0476. The van der Waals surface area contributed by atoms with E-state index in [0.29, 0.717) is 0 Å². The number of hydrogen-bond acceptors (Lipinski definition) is 2. The molecule has 110 valence electrons. The highest BCUT2D eigenvalue weighted by molar-refractivity contribution is 5.95. The molecule has 2 heterocycles. The normalized spacial score (nSPS) is 10.8. The van der Waals surface area contributed by atoms with Gasteiger partial charge in [0.1, 0.15) is 0 Å². The first-order chi connectivity index (χ1) is 11.3. The zero-order chi connectivity index (χ0) is 15.6. The summed E-state index contributed by atoms with van der Waals surface area (Å²) in [6.07, 6.45) is 3.80. The topological polar surface area (TPSA) is 25.8 Å². The molecule has 2 aromatic heterocycles. The van der Waals surface area contributed by atoms with Gasteiger partial charge in [-0.3, -0.25) is 9.97 Å². The Labute approximate surface area is 135 Å². The molecular weight excluding hydrogens is 280 g/mol. The largest absolute Gasteiger partial charge is 0.256 e. The van der Waals surface area contributed by atoms with Crippen LogP contribution in [0.25, 0.3) is 33.3 Å². The van der Waals surface area contributed by atoms with Crippen LogP contribution in [0.4, 0.5) is 0 Å². The Balaban J connectivity index is 1.87. The van der Waals surface area contributed by atoms with Crippen molar-refractivity contribution in [1.29, 1.82) is 0 Å². The Hall–Kier alpha value is -3.00. The number of fused-ring (bicyclic) bond motifs is 1. The minimum Gasteiger partial charge on any atom is -0.256 e. The van der Waals surface area contributed by atoms with Crippen molar-refractivity contribution in [3.8, 4) is 22.5 Å². The van der Waals surface area contributed by atoms with E-state index in [4.69, 9.17) is 0 Å². The highest BCUT2D eigenvalue weighted by Crippen LogP contribution is 2.30. The summed E-state index contributed by atoms with van der Waals surface area (Å²) in [5.74, 6) is 0. The lowest BCUT2D eigenvalue weighted by Gasteiger charge is -2.10. The maximum absolute atomic E-state index is 4.65. The second-order valence-corrected chi connectivity index (χ2v) is 5.63. The lowest BCUT2D eigenvalue weighted by Crippen LogP contribution is -1.92. The standard InChI is InChI=1S/C21H16N2/c1-15-13-20(17-8-3-2-4-9-17)23-14-19(15)21-18-10-6-5-7-16(18)11-12-22-21/h2-14H,1H3. The number of aromatic nitrogens is 2. The molecule has 2 aromatic carbocycles. The summed E-state index contributed by atoms with van der Waals surface area (Å²) in [5, 5.41) is 2.36. The van der Waals surface area contributed by atoms with E-state index in [-0.39, 0.29) is 0 Å². The van der Waals surface area contributed by atoms with E-state index in [1.165, 1.54) is 10.9 Å². The van der Waals surface area contributed by atoms with Gasteiger partial charge in [-0.25, -0.2) is 0 Å². The zero-order valence-corrected chi connectivity index (χ0v) is 12.9. The molecule has 0 fully saturated rings. The lowest BCUT2D eigenvalue weighted by atomic mass is 10.0. The molecule has 2 nitrogen and oxygen atoms in total. The van der Waals surface area contributed by atoms with Gasteiger partial charge in [0.25, 0.3) is 0 Å². The summed E-state index contributed by atoms with van der Waals surface area (Å²) >= 11 is 0. The summed E-state index contributed by atoms with van der Waals surface area (Å²) < 4.78 is 0. The first-order valence-electron chi connectivity index (χ1n) is 7.69. The number of pyridine rings is 2. The van der Waals surface area contributed by atoms with Crippen LogP contribution in [0.3, 0.4) is 0 Å². The van der Waals surface area contributed by atoms with Crippen LogP contribution >= 0.6 is 0 Å². The molecule has 0 radical (unpaired) electrons. The SMILES string of the molecule is Cc1cc(-c2ccccc2)ncc1-c1nccc2ccccc12. The van der Waals surface area contributed by atoms with Crippen molar-refractivity contribution in [2.24, 2.45) is 0 Å². The van der Waals surface area contributed by atoms with Crippen LogP contribution in [-0.4, -0.2) is 9.97 Å². The molecule has 0 bridgehead atoms. The molecule has 0 saturated heterocycles. The van der Waals surface area contributed by atoms with Crippen LogP contribution in [0.1, 0.15) is 5.56 Å². The number of rotatable bonds is 2. The summed E-state index contributed by atoms with van der Waals surface area (Å²) in [7, 11) is 0. The average molecular weight is 296 g/mol. The molecule has 4 aromatic rings. The van der Waals surface area contributed by atoms with Gasteiger partial charge in [-0.05, 0) is 30.0 Å². The third-order valence-electron chi connectivity index (χ3n) is 4.11. The molecule has 23 heavy (non-hydrogen) atoms. The molecule has 0 aliphatic heterocycles. The number of benzene rings is 2. The summed E-state index contributed by atoms with van der Waals surface area (Å²) in [6.45, 7) is 2.12. The van der Waals surface area contributed by atoms with E-state index < -0.39 is 0 Å². The van der Waals surface area contributed by atoms with Crippen LogP contribution in [0.5, 0.6) is 0 Å². The predicted octanol–water partition coefficient (Wildman–Crippen LogP) is 5.27. The van der Waals surface area contributed by atoms with Crippen molar-refractivity contribution in [1.82, 2.24) is 9.97 Å². The van der Waals surface area contributed by atoms with Gasteiger partial charge in [-0.1, -0.05) is 54.6 Å². The molecule has 0 aliphatic carbocycles. The Morgan fingerprint density at radius 2 is 1.57 bits per heavy atom. The smallest absolute Gasteiger partial charge is 0.0798 e. The molecule has 0 aliphatic rings. The average Bonchev–Trinajstić information content (AvgIpc) is 2.62. The van der Waals surface area contributed by atoms with Gasteiger partial charge in [0.15, 0.2) is 0 Å². The molecule has 2 heteroatoms. The molecule has 0 saturated carbocycles. The molecule has 0 spiro atoms. The quantitative estimate of drug-likeness (QED) is 0.503. The third-order valence-corrected chi connectivity index (χ3v) is 4.11. The van der Waals surface area contributed by atoms with Crippen LogP contribution in [0.15, 0.2) is 79.1 Å². The van der Waals surface area contributed by atoms with Gasteiger partial charge in [-0.2, -0.15) is 0 Å². The second kappa shape index (κ2) is 5.65. The molecule has 0 unspecified atom stereocenters. The third kappa shape index (κ3) is 2.49. The van der Waals surface area contributed by atoms with Crippen LogP contribution in [0.2, 0.25) is 0 Å². The fourth-order valence-corrected chi connectivity index (χ4v) is 2.90. The first kappa shape index (κ1) is 13.6. The van der Waals surface area contributed by atoms with Crippen molar-refractivity contribution in [2.75, 3.05) is 0 Å². The van der Waals surface area contributed by atoms with Crippen LogP contribution in [0, 0.1) is 6.92 Å². The van der Waals surface area contributed by atoms with Crippen LogP contribution in [-0.2, 0) is 0 Å². The van der Waals surface area contributed by atoms with Gasteiger partial charge in [-0.15, -0.1) is 0 Å². The molecule has 0 amide bonds. The molecule has 4 rings (SSSR count). The van der Waals surface area contributed by atoms with Gasteiger partial charge < -0.3 is 0 Å². The molecule has 0 atom stereocenters. The monoisotopic (exact) mass is 296 g/mol. The van der Waals surface area contributed by atoms with E-state index >= 15 is 0 Å². The minimum atomic E-state index is 0.993. The van der Waals surface area contributed by atoms with Crippen molar-refractivity contribution in [3.63, 3.8) is 0 Å². The highest BCUT2D eigenvalue weighted by atomic mass is 14.7. The van der Waals surface area contributed by atoms with Crippen molar-refractivity contribution in [2.45, 2.75) is 6.92 Å². The van der Waals surface area contributed by atoms with Crippen molar-refractivity contribution < 1.29 is 0 Å². The molecular formula is C21H16N2. The van der Waals surface area contributed by atoms with E-state index in [0.717, 1.165) is 27.9 Å². The summed E-state index contributed by atoms with van der Waals surface area (Å²) in [4.78, 5) is 9.25. The van der Waals surface area contributed by atoms with E-state index in [1.807, 2.05) is 36.7 Å². The Kier molecular flexibility index (Phi) is 3.35. The maximum atomic E-state index is 4.65. The first-order valence-corrected chi connectivity index (χ1v) is 7.69. The van der Waals surface area contributed by atoms with E-state index in [9.17, 15) is 0 Å². The van der Waals surface area contributed by atoms with Gasteiger partial charge >= 0.3 is 0 Å². The van der Waals surface area contributed by atoms with Crippen molar-refractivity contribution in [3.05, 3.63) is 84.7 Å². The minimum absolute atomic E-state index is 0.993. The zero-order valence-electron chi connectivity index (χ0n) is 12.9. The lowest BCUT2D eigenvalue weighted by molar-refractivity contribution is 1.26. The number of aryl methyl sites for hydroxylation is 1. The van der Waals surface area contributed by atoms with E-state index in [1.54, 1.807) is 0 Å². The molecule has 0 N–H and O–H groups in total. The van der Waals surface area contributed by atoms with E-state index in [2.05, 4.69) is 59.4 Å². The summed E-state index contributed by atoms with van der Waals surface area (Å²) in [6, 6.07) is 22.8. The van der Waals surface area contributed by atoms with Gasteiger partial charge in [0, 0.05) is 28.9 Å². The van der Waals surface area contributed by atoms with Crippen LogP contribution < -0.4 is 0 Å². The highest BCUT2D eigenvalue weighted by Gasteiger charge is 2.10. The predicted molar refractivity (Wildman–Crippen MR) is 95.1 cm³/mol. The Morgan fingerprint density at radius 1 is 0.783 bits per heavy atom. The number of hydrogen-bond donors (Lipinski definition) is 0. The Bertz CT molecular complexity index is 970. The second-order valence-electron chi connectivity index (χ2n) is 5.63. The fourth-order valence-electron chi connectivity index (χ4n) is 2.90. The maximum Gasteiger partial charge on any atom is 0.0798 e. The number of nitrogens with zero attached hydrogens (tertiary/aromatic N) is 2. The van der Waals surface area contributed by atoms with Gasteiger partial charge in [0.2, 0.25) is 0 Å². The van der Waals surface area contributed by atoms with Crippen molar-refractivity contribution >= 4 is 10.8 Å². The van der Waals surface area contributed by atoms with Gasteiger partial charge in [0.05, 0.1) is 11.4 Å². The summed E-state index contributed by atoms with van der Waals surface area (Å²) in [5.41, 5.74) is 5.39.